The van der Waals surface area contributed by atoms with Crippen LogP contribution in [-0.2, 0) is 0 Å². The molecule has 19 heavy (non-hydrogen) atoms. The second-order valence-corrected chi connectivity index (χ2v) is 6.04. The Bertz CT molecular complexity index is 479. The lowest BCUT2D eigenvalue weighted by atomic mass is 10.1. The number of carbonyl (C=O) groups is 1. The van der Waals surface area contributed by atoms with Crippen molar-refractivity contribution in [3.8, 4) is 0 Å². The molecular weight excluding hydrogens is 311 g/mol. The standard InChI is InChI=1S/C14H18BrFN2O/c1-17(2)9-11-4-3-7-18(11)14(19)10-5-6-12(15)13(16)8-10/h5-6,8,11H,3-4,7,9H2,1-2H3. The lowest BCUT2D eigenvalue weighted by Crippen LogP contribution is -2.41. The van der Waals surface area contributed by atoms with Gasteiger partial charge in [-0.2, -0.15) is 0 Å². The van der Waals surface area contributed by atoms with Crippen molar-refractivity contribution in [3.63, 3.8) is 0 Å². The highest BCUT2D eigenvalue weighted by Gasteiger charge is 2.29. The first-order valence-corrected chi connectivity index (χ1v) is 7.19. The van der Waals surface area contributed by atoms with Crippen LogP contribution >= 0.6 is 15.9 Å². The van der Waals surface area contributed by atoms with Crippen molar-refractivity contribution in [1.29, 1.82) is 0 Å². The van der Waals surface area contributed by atoms with Crippen molar-refractivity contribution in [1.82, 2.24) is 9.80 Å². The van der Waals surface area contributed by atoms with Gasteiger partial charge in [-0.15, -0.1) is 0 Å². The van der Waals surface area contributed by atoms with E-state index in [-0.39, 0.29) is 11.9 Å². The van der Waals surface area contributed by atoms with E-state index in [9.17, 15) is 9.18 Å². The zero-order valence-corrected chi connectivity index (χ0v) is 12.8. The zero-order valence-electron chi connectivity index (χ0n) is 11.2. The SMILES string of the molecule is CN(C)CC1CCCN1C(=O)c1ccc(Br)c(F)c1. The van der Waals surface area contributed by atoms with Crippen molar-refractivity contribution in [2.24, 2.45) is 0 Å². The molecule has 1 aromatic carbocycles. The third-order valence-electron chi connectivity index (χ3n) is 3.38. The maximum atomic E-state index is 13.5. The van der Waals surface area contributed by atoms with Gasteiger partial charge in [-0.25, -0.2) is 4.39 Å². The van der Waals surface area contributed by atoms with E-state index >= 15 is 0 Å². The van der Waals surface area contributed by atoms with Crippen LogP contribution in [0.15, 0.2) is 22.7 Å². The monoisotopic (exact) mass is 328 g/mol. The highest BCUT2D eigenvalue weighted by Crippen LogP contribution is 2.23. The molecule has 1 fully saturated rings. The number of benzene rings is 1. The number of likely N-dealkylation sites (N-methyl/N-ethyl adjacent to an activating group) is 1. The fraction of sp³-hybridized carbons (Fsp3) is 0.500. The normalized spacial score (nSPS) is 19.2. The number of nitrogens with zero attached hydrogens (tertiary/aromatic N) is 2. The Morgan fingerprint density at radius 1 is 1.53 bits per heavy atom. The molecule has 1 heterocycles. The van der Waals surface area contributed by atoms with Crippen LogP contribution in [0.3, 0.4) is 0 Å². The summed E-state index contributed by atoms with van der Waals surface area (Å²) < 4.78 is 13.9. The van der Waals surface area contributed by atoms with E-state index in [1.165, 1.54) is 6.07 Å². The molecule has 1 aliphatic heterocycles. The van der Waals surface area contributed by atoms with E-state index in [1.807, 2.05) is 19.0 Å². The predicted octanol–water partition coefficient (Wildman–Crippen LogP) is 2.75. The molecule has 0 bridgehead atoms. The predicted molar refractivity (Wildman–Crippen MR) is 76.7 cm³/mol. The van der Waals surface area contributed by atoms with Crippen LogP contribution in [0.2, 0.25) is 0 Å². The summed E-state index contributed by atoms with van der Waals surface area (Å²) in [5.74, 6) is -0.468. The number of likely N-dealkylation sites (tertiary alicyclic amines) is 1. The van der Waals surface area contributed by atoms with E-state index in [0.717, 1.165) is 25.9 Å². The van der Waals surface area contributed by atoms with Gasteiger partial charge in [0.15, 0.2) is 0 Å². The summed E-state index contributed by atoms with van der Waals surface area (Å²) in [6.07, 6.45) is 2.03. The molecule has 0 aliphatic carbocycles. The Hall–Kier alpha value is -0.940. The summed E-state index contributed by atoms with van der Waals surface area (Å²) in [5.41, 5.74) is 0.423. The first-order valence-electron chi connectivity index (χ1n) is 6.40. The molecule has 0 N–H and O–H groups in total. The molecule has 0 aromatic heterocycles. The molecule has 1 unspecified atom stereocenters. The Morgan fingerprint density at radius 2 is 2.26 bits per heavy atom. The topological polar surface area (TPSA) is 23.6 Å². The van der Waals surface area contributed by atoms with Crippen molar-refractivity contribution < 1.29 is 9.18 Å². The maximum absolute atomic E-state index is 13.5. The number of hydrogen-bond acceptors (Lipinski definition) is 2. The van der Waals surface area contributed by atoms with Crippen molar-refractivity contribution >= 4 is 21.8 Å². The van der Waals surface area contributed by atoms with Crippen molar-refractivity contribution in [3.05, 3.63) is 34.1 Å². The zero-order chi connectivity index (χ0) is 14.0. The fourth-order valence-corrected chi connectivity index (χ4v) is 2.76. The third kappa shape index (κ3) is 3.34. The van der Waals surface area contributed by atoms with Gasteiger partial charge in [-0.1, -0.05) is 0 Å². The summed E-state index contributed by atoms with van der Waals surface area (Å²) in [6, 6.07) is 4.78. The second kappa shape index (κ2) is 6.01. The smallest absolute Gasteiger partial charge is 0.254 e. The molecule has 0 saturated carbocycles. The van der Waals surface area contributed by atoms with E-state index in [1.54, 1.807) is 12.1 Å². The molecule has 1 aromatic rings. The van der Waals surface area contributed by atoms with E-state index in [2.05, 4.69) is 20.8 Å². The number of hydrogen-bond donors (Lipinski definition) is 0. The van der Waals surface area contributed by atoms with Gasteiger partial charge in [0.1, 0.15) is 5.82 Å². The number of carbonyl (C=O) groups excluding carboxylic acids is 1. The molecule has 1 aliphatic rings. The fourth-order valence-electron chi connectivity index (χ4n) is 2.51. The number of halogens is 2. The molecule has 1 atom stereocenters. The molecule has 0 radical (unpaired) electrons. The summed E-state index contributed by atoms with van der Waals surface area (Å²) in [7, 11) is 4.00. The van der Waals surface area contributed by atoms with Gasteiger partial charge in [0.2, 0.25) is 0 Å². The average molecular weight is 329 g/mol. The average Bonchev–Trinajstić information content (AvgIpc) is 2.79. The van der Waals surface area contributed by atoms with E-state index < -0.39 is 5.82 Å². The Kier molecular flexibility index (Phi) is 4.58. The second-order valence-electron chi connectivity index (χ2n) is 5.19. The molecule has 2 rings (SSSR count). The van der Waals surface area contributed by atoms with Gasteiger partial charge in [-0.05, 0) is 61.1 Å². The van der Waals surface area contributed by atoms with Gasteiger partial charge < -0.3 is 9.80 Å². The van der Waals surface area contributed by atoms with Crippen molar-refractivity contribution in [2.45, 2.75) is 18.9 Å². The number of amides is 1. The Balaban J connectivity index is 2.16. The molecule has 1 amide bonds. The van der Waals surface area contributed by atoms with Crippen LogP contribution in [-0.4, -0.2) is 48.9 Å². The van der Waals surface area contributed by atoms with Crippen LogP contribution in [0.25, 0.3) is 0 Å². The first kappa shape index (κ1) is 14.5. The lowest BCUT2D eigenvalue weighted by Gasteiger charge is -2.27. The summed E-state index contributed by atoms with van der Waals surface area (Å²) in [5, 5.41) is 0. The van der Waals surface area contributed by atoms with Gasteiger partial charge >= 0.3 is 0 Å². The minimum absolute atomic E-state index is 0.0734. The minimum atomic E-state index is -0.394. The van der Waals surface area contributed by atoms with Gasteiger partial charge in [-0.3, -0.25) is 4.79 Å². The van der Waals surface area contributed by atoms with Gasteiger partial charge in [0, 0.05) is 24.7 Å². The van der Waals surface area contributed by atoms with Crippen LogP contribution < -0.4 is 0 Å². The van der Waals surface area contributed by atoms with Crippen molar-refractivity contribution in [2.75, 3.05) is 27.2 Å². The molecule has 1 saturated heterocycles. The Labute approximate surface area is 121 Å². The molecule has 104 valence electrons. The van der Waals surface area contributed by atoms with Crippen LogP contribution in [0, 0.1) is 5.82 Å². The lowest BCUT2D eigenvalue weighted by molar-refractivity contribution is 0.0716. The van der Waals surface area contributed by atoms with E-state index in [4.69, 9.17) is 0 Å². The molecule has 3 nitrogen and oxygen atoms in total. The highest BCUT2D eigenvalue weighted by atomic mass is 79.9. The summed E-state index contributed by atoms with van der Waals surface area (Å²) in [6.45, 7) is 1.61. The quantitative estimate of drug-likeness (QED) is 0.851. The third-order valence-corrected chi connectivity index (χ3v) is 4.02. The van der Waals surface area contributed by atoms with Crippen LogP contribution in [0.4, 0.5) is 4.39 Å². The van der Waals surface area contributed by atoms with Crippen LogP contribution in [0.5, 0.6) is 0 Å². The molecular formula is C14H18BrFN2O. The summed E-state index contributed by atoms with van der Waals surface area (Å²) in [4.78, 5) is 16.4. The van der Waals surface area contributed by atoms with E-state index in [0.29, 0.717) is 10.0 Å². The van der Waals surface area contributed by atoms with Gasteiger partial charge in [0.05, 0.1) is 4.47 Å². The first-order chi connectivity index (χ1) is 8.99. The highest BCUT2D eigenvalue weighted by molar-refractivity contribution is 9.10. The minimum Gasteiger partial charge on any atom is -0.334 e. The number of rotatable bonds is 3. The molecule has 0 spiro atoms. The largest absolute Gasteiger partial charge is 0.334 e. The Morgan fingerprint density at radius 3 is 2.89 bits per heavy atom. The van der Waals surface area contributed by atoms with Crippen LogP contribution in [0.1, 0.15) is 23.2 Å². The van der Waals surface area contributed by atoms with Gasteiger partial charge in [0.25, 0.3) is 5.91 Å². The molecule has 5 heteroatoms. The maximum Gasteiger partial charge on any atom is 0.254 e. The summed E-state index contributed by atoms with van der Waals surface area (Å²) >= 11 is 3.10.